The molecule has 0 bridgehead atoms. The molecule has 4 rings (SSSR count). The lowest BCUT2D eigenvalue weighted by Gasteiger charge is -2.27. The lowest BCUT2D eigenvalue weighted by atomic mass is 9.95. The van der Waals surface area contributed by atoms with Gasteiger partial charge < -0.3 is 20.3 Å². The van der Waals surface area contributed by atoms with Crippen LogP contribution in [-0.2, 0) is 0 Å². The second-order valence-corrected chi connectivity index (χ2v) is 7.19. The number of ether oxygens (including phenoxy) is 1. The molecular formula is C20H21FN4O4. The van der Waals surface area contributed by atoms with Gasteiger partial charge in [-0.25, -0.2) is 18.7 Å². The average Bonchev–Trinajstić information content (AvgIpc) is 3.04. The molecule has 0 spiro atoms. The van der Waals surface area contributed by atoms with Gasteiger partial charge in [-0.05, 0) is 50.3 Å². The Kier molecular flexibility index (Phi) is 5.06. The Morgan fingerprint density at radius 1 is 1.31 bits per heavy atom. The van der Waals surface area contributed by atoms with Crippen molar-refractivity contribution in [1.29, 1.82) is 0 Å². The Bertz CT molecular complexity index is 1060. The van der Waals surface area contributed by atoms with Gasteiger partial charge in [0, 0.05) is 12.3 Å². The number of nitrogens with one attached hydrogen (secondary N) is 1. The first-order valence-electron chi connectivity index (χ1n) is 9.40. The summed E-state index contributed by atoms with van der Waals surface area (Å²) in [6.07, 6.45) is 4.99. The fraction of sp³-hybridized carbons (Fsp3) is 0.350. The number of hydrogen-bond donors (Lipinski definition) is 3. The van der Waals surface area contributed by atoms with Crippen LogP contribution >= 0.6 is 0 Å². The van der Waals surface area contributed by atoms with Gasteiger partial charge >= 0.3 is 5.97 Å². The minimum atomic E-state index is -1.05. The van der Waals surface area contributed by atoms with Crippen LogP contribution in [0.25, 0.3) is 5.52 Å². The second-order valence-electron chi connectivity index (χ2n) is 7.19. The van der Waals surface area contributed by atoms with E-state index in [0.29, 0.717) is 54.0 Å². The third-order valence-electron chi connectivity index (χ3n) is 5.19. The van der Waals surface area contributed by atoms with E-state index in [2.05, 4.69) is 15.4 Å². The number of hydrogen-bond acceptors (Lipinski definition) is 6. The largest absolute Gasteiger partial charge is 0.488 e. The highest BCUT2D eigenvalue weighted by Gasteiger charge is 2.23. The second kappa shape index (κ2) is 7.67. The molecule has 0 unspecified atom stereocenters. The number of nitrogens with zero attached hydrogens (tertiary/aromatic N) is 3. The molecule has 1 fully saturated rings. The average molecular weight is 400 g/mol. The zero-order chi connectivity index (χ0) is 20.5. The Hall–Kier alpha value is -3.20. The van der Waals surface area contributed by atoms with E-state index in [1.165, 1.54) is 29.2 Å². The predicted molar refractivity (Wildman–Crippen MR) is 103 cm³/mol. The molecule has 0 amide bonds. The molecule has 0 atom stereocenters. The maximum atomic E-state index is 13.9. The maximum absolute atomic E-state index is 13.9. The summed E-state index contributed by atoms with van der Waals surface area (Å²) in [5.74, 6) is -0.753. The first-order valence-corrected chi connectivity index (χ1v) is 9.40. The standard InChI is InChI=1S/C20H21FN4O4/c1-11-15(20(27)28)9-25-18(11)19(22-10-23-25)24-16-7-2-12(21)8-17(16)29-14-5-3-13(26)4-6-14/h2,7-10,13-14,26H,3-6H2,1H3,(H,27,28)(H,22,23,24)/t13-,14-. The van der Waals surface area contributed by atoms with Crippen LogP contribution in [0.1, 0.15) is 41.6 Å². The summed E-state index contributed by atoms with van der Waals surface area (Å²) in [6, 6.07) is 4.17. The molecule has 1 aliphatic carbocycles. The molecular weight excluding hydrogens is 379 g/mol. The van der Waals surface area contributed by atoms with Gasteiger partial charge in [0.25, 0.3) is 0 Å². The number of aryl methyl sites for hydroxylation is 1. The lowest BCUT2D eigenvalue weighted by molar-refractivity contribution is 0.0668. The number of halogens is 1. The monoisotopic (exact) mass is 400 g/mol. The van der Waals surface area contributed by atoms with Gasteiger partial charge in [-0.2, -0.15) is 5.10 Å². The summed E-state index contributed by atoms with van der Waals surface area (Å²) >= 11 is 0. The van der Waals surface area contributed by atoms with E-state index in [9.17, 15) is 19.4 Å². The molecule has 1 aliphatic rings. The number of carboxylic acids is 1. The van der Waals surface area contributed by atoms with E-state index < -0.39 is 11.8 Å². The number of benzene rings is 1. The summed E-state index contributed by atoms with van der Waals surface area (Å²) < 4.78 is 21.3. The van der Waals surface area contributed by atoms with Crippen LogP contribution in [0, 0.1) is 12.7 Å². The number of aromatic carboxylic acids is 1. The van der Waals surface area contributed by atoms with Gasteiger partial charge in [-0.15, -0.1) is 0 Å². The van der Waals surface area contributed by atoms with E-state index in [0.717, 1.165) is 0 Å². The van der Waals surface area contributed by atoms with E-state index in [4.69, 9.17) is 4.74 Å². The summed E-state index contributed by atoms with van der Waals surface area (Å²) in [7, 11) is 0. The molecule has 1 aromatic carbocycles. The molecule has 8 nitrogen and oxygen atoms in total. The fourth-order valence-electron chi connectivity index (χ4n) is 3.63. The van der Waals surface area contributed by atoms with E-state index in [-0.39, 0.29) is 17.8 Å². The molecule has 3 aromatic rings. The smallest absolute Gasteiger partial charge is 0.337 e. The van der Waals surface area contributed by atoms with Crippen LogP contribution in [0.15, 0.2) is 30.7 Å². The number of anilines is 2. The van der Waals surface area contributed by atoms with E-state index in [1.807, 2.05) is 0 Å². The highest BCUT2D eigenvalue weighted by Crippen LogP contribution is 2.33. The molecule has 3 N–H and O–H groups in total. The van der Waals surface area contributed by atoms with E-state index >= 15 is 0 Å². The summed E-state index contributed by atoms with van der Waals surface area (Å²) in [6.45, 7) is 1.68. The normalized spacial score (nSPS) is 19.3. The van der Waals surface area contributed by atoms with Crippen LogP contribution in [-0.4, -0.2) is 43.0 Å². The first kappa shape index (κ1) is 19.1. The Morgan fingerprint density at radius 2 is 2.07 bits per heavy atom. The molecule has 29 heavy (non-hydrogen) atoms. The number of aliphatic hydroxyl groups is 1. The number of aliphatic hydroxyl groups excluding tert-OH is 1. The van der Waals surface area contributed by atoms with Gasteiger partial charge in [0.2, 0.25) is 0 Å². The number of carbonyl (C=O) groups is 1. The topological polar surface area (TPSA) is 109 Å². The van der Waals surface area contributed by atoms with Crippen molar-refractivity contribution in [3.63, 3.8) is 0 Å². The van der Waals surface area contributed by atoms with Crippen LogP contribution in [0.4, 0.5) is 15.9 Å². The molecule has 2 aromatic heterocycles. The third-order valence-corrected chi connectivity index (χ3v) is 5.19. The number of fused-ring (bicyclic) bond motifs is 1. The van der Waals surface area contributed by atoms with Crippen LogP contribution < -0.4 is 10.1 Å². The zero-order valence-electron chi connectivity index (χ0n) is 15.8. The fourth-order valence-corrected chi connectivity index (χ4v) is 3.63. The molecule has 0 aliphatic heterocycles. The van der Waals surface area contributed by atoms with Crippen molar-refractivity contribution < 1.29 is 24.1 Å². The minimum absolute atomic E-state index is 0.111. The molecule has 0 saturated heterocycles. The molecule has 9 heteroatoms. The van der Waals surface area contributed by atoms with Crippen molar-refractivity contribution in [2.75, 3.05) is 5.32 Å². The number of rotatable bonds is 5. The number of carboxylic acid groups (broad SMARTS) is 1. The summed E-state index contributed by atoms with van der Waals surface area (Å²) in [4.78, 5) is 15.7. The van der Waals surface area contributed by atoms with Crippen LogP contribution in [0.2, 0.25) is 0 Å². The highest BCUT2D eigenvalue weighted by molar-refractivity contribution is 5.94. The summed E-state index contributed by atoms with van der Waals surface area (Å²) in [5.41, 5.74) is 1.67. The van der Waals surface area contributed by atoms with Crippen molar-refractivity contribution in [1.82, 2.24) is 14.6 Å². The maximum Gasteiger partial charge on any atom is 0.337 e. The van der Waals surface area contributed by atoms with Gasteiger partial charge in [0.15, 0.2) is 5.82 Å². The van der Waals surface area contributed by atoms with Crippen molar-refractivity contribution >= 4 is 23.0 Å². The van der Waals surface area contributed by atoms with Crippen molar-refractivity contribution in [3.8, 4) is 5.75 Å². The molecule has 2 heterocycles. The number of aromatic nitrogens is 3. The van der Waals surface area contributed by atoms with Crippen LogP contribution in [0.3, 0.4) is 0 Å². The minimum Gasteiger partial charge on any atom is -0.488 e. The molecule has 0 radical (unpaired) electrons. The van der Waals surface area contributed by atoms with E-state index in [1.54, 1.807) is 13.0 Å². The SMILES string of the molecule is Cc1c(C(=O)O)cn2ncnc(Nc3ccc(F)cc3O[C@H]3CC[C@H](O)CC3)c12. The predicted octanol–water partition coefficient (Wildman–Crippen LogP) is 3.30. The zero-order valence-corrected chi connectivity index (χ0v) is 15.8. The van der Waals surface area contributed by atoms with Gasteiger partial charge in [0.05, 0.1) is 23.5 Å². The third kappa shape index (κ3) is 3.86. The molecule has 152 valence electrons. The van der Waals surface area contributed by atoms with Crippen molar-refractivity contribution in [2.24, 2.45) is 0 Å². The first-order chi connectivity index (χ1) is 13.9. The molecule has 1 saturated carbocycles. The Labute approximate surface area is 166 Å². The lowest BCUT2D eigenvalue weighted by Crippen LogP contribution is -2.26. The Balaban J connectivity index is 1.67. The quantitative estimate of drug-likeness (QED) is 0.603. The van der Waals surface area contributed by atoms with Crippen molar-refractivity contribution in [2.45, 2.75) is 44.8 Å². The van der Waals surface area contributed by atoms with Gasteiger partial charge in [0.1, 0.15) is 23.4 Å². The highest BCUT2D eigenvalue weighted by atomic mass is 19.1. The van der Waals surface area contributed by atoms with Gasteiger partial charge in [-0.3, -0.25) is 0 Å². The van der Waals surface area contributed by atoms with Crippen molar-refractivity contribution in [3.05, 3.63) is 47.7 Å². The summed E-state index contributed by atoms with van der Waals surface area (Å²) in [5, 5.41) is 26.2. The van der Waals surface area contributed by atoms with Crippen LogP contribution in [0.5, 0.6) is 5.75 Å². The Morgan fingerprint density at radius 3 is 2.79 bits per heavy atom. The van der Waals surface area contributed by atoms with Gasteiger partial charge in [-0.1, -0.05) is 0 Å².